The minimum atomic E-state index is -0.900. The van der Waals surface area contributed by atoms with E-state index in [0.717, 1.165) is 157 Å². The Kier molecular flexibility index (Phi) is 29.7. The molecule has 7 aromatic rings. The number of hydrogen-bond acceptors (Lipinski definition) is 23. The van der Waals surface area contributed by atoms with Crippen molar-refractivity contribution in [2.45, 2.75) is 230 Å². The molecule has 29 nitrogen and oxygen atoms in total. The first-order valence-electron chi connectivity index (χ1n) is 38.0. The van der Waals surface area contributed by atoms with Crippen LogP contribution in [0.5, 0.6) is 0 Å². The summed E-state index contributed by atoms with van der Waals surface area (Å²) < 4.78 is 13.1. The monoisotopic (exact) mass is 1710 g/mol. The number of pyridine rings is 4. The van der Waals surface area contributed by atoms with Gasteiger partial charge in [-0.2, -0.15) is 0 Å². The number of aromatic nitrogens is 10. The molecule has 0 saturated heterocycles. The average Bonchev–Trinajstić information content (AvgIpc) is 1.56. The molecule has 9 N–H and O–H groups in total. The quantitative estimate of drug-likeness (QED) is 0.0650. The van der Waals surface area contributed by atoms with Crippen molar-refractivity contribution in [2.24, 2.45) is 17.8 Å². The van der Waals surface area contributed by atoms with Crippen molar-refractivity contribution in [1.82, 2.24) is 48.2 Å². The summed E-state index contributed by atoms with van der Waals surface area (Å²) in [5.41, 5.74) is 14.9. The van der Waals surface area contributed by atoms with Crippen LogP contribution < -0.4 is 138 Å². The second kappa shape index (κ2) is 37.4. The molecular formula is C79H93Br2ClKLiN16O13. The molecule has 0 bridgehead atoms. The number of aryl methyl sites for hydroxylation is 4. The predicted molar refractivity (Wildman–Crippen MR) is 419 cm³/mol. The van der Waals surface area contributed by atoms with E-state index in [9.17, 15) is 52.7 Å². The molecule has 4 spiro atoms. The molecule has 11 heterocycles. The Bertz CT molecular complexity index is 5100. The third-order valence-electron chi connectivity index (χ3n) is 23.2. The Morgan fingerprint density at radius 3 is 1.18 bits per heavy atom. The van der Waals surface area contributed by atoms with Crippen molar-refractivity contribution < 1.29 is 126 Å². The van der Waals surface area contributed by atoms with Crippen LogP contribution in [0, 0.1) is 45.4 Å². The summed E-state index contributed by atoms with van der Waals surface area (Å²) in [5, 5.41) is 11.6. The largest absolute Gasteiger partial charge is 1.00 e. The van der Waals surface area contributed by atoms with E-state index in [0.29, 0.717) is 110 Å². The number of fused-ring (bicyclic) bond motifs is 8. The maximum Gasteiger partial charge on any atom is 1.00 e. The molecule has 1 unspecified atom stereocenters. The van der Waals surface area contributed by atoms with Crippen LogP contribution in [0.1, 0.15) is 244 Å². The Balaban J connectivity index is 0.000000164. The van der Waals surface area contributed by atoms with E-state index in [4.69, 9.17) is 16.2 Å². The molecule has 10 aliphatic rings. The standard InChI is InChI=1S/C22H25N5O3.C18H21N5O2.C17H20BrNO4.C14H16BrNO2.C8H10N4O.ClH.K.Li.H2O/c1-13-9-15(25-17-10-18(24-12-23-17)26-20(29)14-5-6-14)21(30)27-19(13)16(28)11-22(27)7-3-2-4-8-22;1-11-7-12(22-15-8-14(19)20-10-21-15)17(25)23-16(11)13(24)9-18(23)5-3-2-4-6-18;1-3-23-16(22)12-14(20)13-10(2)9-11(18)15(21)19(13)17(12)7-5-4-6-8-17;1-9-7-10(15)13(18)16-12(9)11(17)8-14(16)5-3-2-4-6-14;9-6-3-7(11-4-10-6)12-8(13)5-1-2-5;;;;/h9-10,12,14H,2-8,11H2,1H3,(H2,23,24,25,26,29);7-8,10H,2-6,9H2,1H3,(H3,19,20,21,22);9,12H,3-8H2,1-2H3;7H,2-6,8H2,1H3;3-5H,1-2H2,(H3,9,10,11,12,13);1H;;;1H2/q;;;;;;2*+1;/p-2. The zero-order valence-electron chi connectivity index (χ0n) is 64.9. The van der Waals surface area contributed by atoms with Crippen molar-refractivity contribution in [1.29, 1.82) is 0 Å². The number of nitrogens with one attached hydrogen (secondary N) is 4. The minimum Gasteiger partial charge on any atom is -1.00 e. The Labute approximate surface area is 730 Å². The third kappa shape index (κ3) is 18.5. The number of nitrogens with zero attached hydrogens (tertiary/aromatic N) is 10. The molecule has 0 radical (unpaired) electrons. The molecular weight excluding hydrogens is 1620 g/mol. The minimum absolute atomic E-state index is 0. The maximum atomic E-state index is 13.4. The molecule has 113 heavy (non-hydrogen) atoms. The van der Waals surface area contributed by atoms with Crippen molar-refractivity contribution >= 4 is 119 Å². The van der Waals surface area contributed by atoms with Crippen LogP contribution in [0.3, 0.4) is 0 Å². The van der Waals surface area contributed by atoms with E-state index in [1.54, 1.807) is 74.6 Å². The Morgan fingerprint density at radius 2 is 0.788 bits per heavy atom. The molecule has 2 amide bonds. The number of halogens is 3. The third-order valence-corrected chi connectivity index (χ3v) is 24.3. The van der Waals surface area contributed by atoms with Crippen molar-refractivity contribution in [2.75, 3.05) is 39.3 Å². The van der Waals surface area contributed by atoms with E-state index in [2.05, 4.69) is 83.0 Å². The number of carbonyl (C=O) groups excluding carboxylic acids is 7. The van der Waals surface area contributed by atoms with Gasteiger partial charge in [-0.1, -0.05) is 77.0 Å². The van der Waals surface area contributed by atoms with Crippen LogP contribution in [-0.2, 0) is 41.3 Å². The number of Topliss-reactive ketones (excluding diaryl/α,β-unsaturated/α-hetero) is 4. The number of rotatable bonds is 10. The van der Waals surface area contributed by atoms with Crippen molar-refractivity contribution in [3.63, 3.8) is 0 Å². The van der Waals surface area contributed by atoms with Crippen LogP contribution in [0.4, 0.5) is 46.3 Å². The average molecular weight is 1720 g/mol. The summed E-state index contributed by atoms with van der Waals surface area (Å²) in [6.45, 7) is 9.43. The number of ether oxygens (including phenoxy) is 1. The van der Waals surface area contributed by atoms with Crippen molar-refractivity contribution in [3.05, 3.63) is 157 Å². The molecule has 0 aromatic carbocycles. The second-order valence-corrected chi connectivity index (χ2v) is 32.6. The van der Waals surface area contributed by atoms with Crippen LogP contribution in [0.15, 0.2) is 89.6 Å². The van der Waals surface area contributed by atoms with Gasteiger partial charge in [-0.3, -0.25) is 71.0 Å². The first-order chi connectivity index (χ1) is 52.2. The first kappa shape index (κ1) is 89.7. The molecule has 7 aromatic heterocycles. The smallest absolute Gasteiger partial charge is 1.00 e. The topological polar surface area (TPSA) is 424 Å². The van der Waals surface area contributed by atoms with E-state index in [-0.39, 0.29) is 180 Å². The van der Waals surface area contributed by atoms with Crippen LogP contribution in [0.25, 0.3) is 0 Å². The van der Waals surface area contributed by atoms with Crippen molar-refractivity contribution in [3.8, 4) is 0 Å². The number of hydrogen-bond donors (Lipinski definition) is 6. The van der Waals surface area contributed by atoms with Crippen LogP contribution >= 0.6 is 31.9 Å². The number of carbonyl (C=O) groups is 7. The molecule has 6 saturated carbocycles. The summed E-state index contributed by atoms with van der Waals surface area (Å²) in [6.07, 6.45) is 28.7. The van der Waals surface area contributed by atoms with E-state index >= 15 is 0 Å². The maximum absolute atomic E-state index is 13.4. The number of amides is 2. The second-order valence-electron chi connectivity index (χ2n) is 30.9. The molecule has 6 aliphatic carbocycles. The van der Waals surface area contributed by atoms with Gasteiger partial charge in [0.1, 0.15) is 71.2 Å². The summed E-state index contributed by atoms with van der Waals surface area (Å²) >= 11 is 6.62. The number of anilines is 8. The van der Waals surface area contributed by atoms with Gasteiger partial charge >= 0.3 is 76.2 Å². The number of nitrogens with two attached hydrogens (primary N) is 2. The normalized spacial score (nSPS) is 18.9. The van der Waals surface area contributed by atoms with E-state index in [1.165, 1.54) is 25.4 Å². The van der Waals surface area contributed by atoms with Crippen LogP contribution in [0.2, 0.25) is 0 Å². The first-order valence-corrected chi connectivity index (χ1v) is 39.6. The SMILES string of the molecule is CCOC(=O)C1C(=O)c2c(C)cc(Br)c(=O)n2C12CCCCC2.Cc1cc(Br)c(=O)n2c1C(=O)CC21CCCCC1.Cc1cc(Nc2cc(N)ncn2)c(=O)n2c1C(=O)CC21CCCCC1.Cc1cc(Nc2cc(NC(=O)C3CC3)ncn2)c(=O)n2c1C(=O)CC21CCCCC1.Nc1cc(NC(=O)C2CC2)ncn1.[Cl-].[K+].[Li+].[OH-]. The summed E-state index contributed by atoms with van der Waals surface area (Å²) in [6, 6.07) is 11.6. The van der Waals surface area contributed by atoms with Gasteiger partial charge in [0.05, 0.1) is 60.5 Å². The van der Waals surface area contributed by atoms with Gasteiger partial charge in [-0.15, -0.1) is 0 Å². The van der Waals surface area contributed by atoms with Gasteiger partial charge in [-0.25, -0.2) is 29.9 Å². The molecule has 590 valence electrons. The molecule has 34 heteroatoms. The van der Waals surface area contributed by atoms with Gasteiger partial charge in [0.25, 0.3) is 22.2 Å². The van der Waals surface area contributed by atoms with Gasteiger partial charge in [0, 0.05) is 49.3 Å². The van der Waals surface area contributed by atoms with E-state index in [1.807, 2.05) is 20.8 Å². The Morgan fingerprint density at radius 1 is 0.460 bits per heavy atom. The fourth-order valence-corrected chi connectivity index (χ4v) is 19.0. The van der Waals surface area contributed by atoms with Gasteiger partial charge in [0.15, 0.2) is 23.1 Å². The number of esters is 1. The zero-order chi connectivity index (χ0) is 77.4. The molecule has 4 aliphatic heterocycles. The number of nitrogen functional groups attached to an aromatic ring is 2. The summed E-state index contributed by atoms with van der Waals surface area (Å²) in [4.78, 5) is 162. The van der Waals surface area contributed by atoms with Crippen LogP contribution in [-0.4, -0.2) is 101 Å². The fourth-order valence-electron chi connectivity index (χ4n) is 18.0. The van der Waals surface area contributed by atoms with E-state index < -0.39 is 17.4 Å². The Hall–Kier alpha value is -7.23. The summed E-state index contributed by atoms with van der Waals surface area (Å²) in [7, 11) is 0. The van der Waals surface area contributed by atoms with Gasteiger partial charge in [0.2, 0.25) is 11.8 Å². The fraction of sp³-hybridized carbons (Fsp3) is 0.506. The molecule has 1 atom stereocenters. The predicted octanol–water partition coefficient (Wildman–Crippen LogP) is 3.16. The zero-order valence-corrected chi connectivity index (χ0v) is 72.0. The molecule has 17 rings (SSSR count). The molecule has 6 fully saturated rings. The van der Waals surface area contributed by atoms with Gasteiger partial charge < -0.3 is 55.4 Å². The van der Waals surface area contributed by atoms with Gasteiger partial charge in [-0.05, 0) is 190 Å². The number of ketones is 4. The summed E-state index contributed by atoms with van der Waals surface area (Å²) in [5.74, 6) is 1.31.